The third-order valence-corrected chi connectivity index (χ3v) is 3.73. The van der Waals surface area contributed by atoms with Crippen LogP contribution in [-0.2, 0) is 4.74 Å². The van der Waals surface area contributed by atoms with Crippen LogP contribution in [0.1, 0.15) is 50.0 Å². The molecule has 0 aromatic heterocycles. The average Bonchev–Trinajstić information content (AvgIpc) is 2.47. The number of carbonyl (C=O) groups excluding carboxylic acids is 1. The molecule has 98 valence electrons. The van der Waals surface area contributed by atoms with Crippen LogP contribution in [0.25, 0.3) is 0 Å². The first-order chi connectivity index (χ1) is 8.21. The number of Topliss-reactive ketones (excluding diaryl/α,β-unsaturated/α-hetero) is 1. The molecule has 0 N–H and O–H groups in total. The van der Waals surface area contributed by atoms with E-state index in [1.165, 1.54) is 5.56 Å². The molecule has 1 aliphatic rings. The Hall–Kier alpha value is -1.15. The topological polar surface area (TPSA) is 26.3 Å². The van der Waals surface area contributed by atoms with E-state index in [0.717, 1.165) is 12.0 Å². The van der Waals surface area contributed by atoms with Gasteiger partial charge in [-0.3, -0.25) is 4.79 Å². The first-order valence-corrected chi connectivity index (χ1v) is 6.52. The van der Waals surface area contributed by atoms with Gasteiger partial charge >= 0.3 is 0 Å². The number of benzene rings is 1. The molecule has 0 spiro atoms. The molecule has 0 radical (unpaired) electrons. The SMILES string of the molecule is Cc1ccc(C(=O)C2CC(C)(C)OC2(C)C)cc1. The lowest BCUT2D eigenvalue weighted by atomic mass is 9.81. The summed E-state index contributed by atoms with van der Waals surface area (Å²) in [5, 5.41) is 0. The average molecular weight is 246 g/mol. The van der Waals surface area contributed by atoms with Crippen LogP contribution in [0.4, 0.5) is 0 Å². The summed E-state index contributed by atoms with van der Waals surface area (Å²) in [6.45, 7) is 10.2. The largest absolute Gasteiger partial charge is 0.369 e. The highest BCUT2D eigenvalue weighted by molar-refractivity contribution is 5.98. The van der Waals surface area contributed by atoms with E-state index in [2.05, 4.69) is 13.8 Å². The lowest BCUT2D eigenvalue weighted by Crippen LogP contribution is -2.33. The van der Waals surface area contributed by atoms with Gasteiger partial charge in [0.2, 0.25) is 0 Å². The van der Waals surface area contributed by atoms with Gasteiger partial charge in [-0.15, -0.1) is 0 Å². The van der Waals surface area contributed by atoms with Gasteiger partial charge in [0.1, 0.15) is 0 Å². The van der Waals surface area contributed by atoms with Crippen molar-refractivity contribution in [3.05, 3.63) is 35.4 Å². The molecule has 2 nitrogen and oxygen atoms in total. The first kappa shape index (κ1) is 13.3. The first-order valence-electron chi connectivity index (χ1n) is 6.52. The van der Waals surface area contributed by atoms with E-state index in [0.29, 0.717) is 0 Å². The lowest BCUT2D eigenvalue weighted by Gasteiger charge is -2.26. The minimum Gasteiger partial charge on any atom is -0.369 e. The fourth-order valence-corrected chi connectivity index (χ4v) is 2.89. The van der Waals surface area contributed by atoms with Gasteiger partial charge in [-0.05, 0) is 41.0 Å². The van der Waals surface area contributed by atoms with E-state index in [1.807, 2.05) is 45.0 Å². The number of aryl methyl sites for hydroxylation is 1. The van der Waals surface area contributed by atoms with Gasteiger partial charge in [-0.25, -0.2) is 0 Å². The zero-order chi connectivity index (χ0) is 13.6. The molecule has 0 aliphatic carbocycles. The second kappa shape index (κ2) is 4.20. The number of hydrogen-bond acceptors (Lipinski definition) is 2. The number of hydrogen-bond donors (Lipinski definition) is 0. The predicted octanol–water partition coefficient (Wildman–Crippen LogP) is 3.77. The molecule has 1 fully saturated rings. The molecule has 1 aliphatic heterocycles. The van der Waals surface area contributed by atoms with Crippen LogP contribution in [0.15, 0.2) is 24.3 Å². The van der Waals surface area contributed by atoms with E-state index in [1.54, 1.807) is 0 Å². The van der Waals surface area contributed by atoms with Crippen molar-refractivity contribution < 1.29 is 9.53 Å². The highest BCUT2D eigenvalue weighted by Crippen LogP contribution is 2.43. The quantitative estimate of drug-likeness (QED) is 0.742. The second-order valence-electron chi connectivity index (χ2n) is 6.45. The Bertz CT molecular complexity index is 454. The summed E-state index contributed by atoms with van der Waals surface area (Å²) < 4.78 is 5.99. The molecule has 0 bridgehead atoms. The third-order valence-electron chi connectivity index (χ3n) is 3.73. The number of rotatable bonds is 2. The summed E-state index contributed by atoms with van der Waals surface area (Å²) >= 11 is 0. The van der Waals surface area contributed by atoms with Crippen LogP contribution in [0.3, 0.4) is 0 Å². The molecule has 1 saturated heterocycles. The van der Waals surface area contributed by atoms with Crippen LogP contribution in [0.5, 0.6) is 0 Å². The van der Waals surface area contributed by atoms with Crippen LogP contribution in [-0.4, -0.2) is 17.0 Å². The number of carbonyl (C=O) groups is 1. The van der Waals surface area contributed by atoms with Crippen molar-refractivity contribution in [2.45, 2.75) is 52.2 Å². The van der Waals surface area contributed by atoms with Gasteiger partial charge in [0, 0.05) is 5.56 Å². The van der Waals surface area contributed by atoms with E-state index in [4.69, 9.17) is 4.74 Å². The van der Waals surface area contributed by atoms with Crippen LogP contribution < -0.4 is 0 Å². The van der Waals surface area contributed by atoms with Crippen LogP contribution >= 0.6 is 0 Å². The van der Waals surface area contributed by atoms with Gasteiger partial charge in [-0.1, -0.05) is 29.8 Å². The van der Waals surface area contributed by atoms with E-state index in [-0.39, 0.29) is 22.9 Å². The maximum absolute atomic E-state index is 12.6. The second-order valence-corrected chi connectivity index (χ2v) is 6.45. The van der Waals surface area contributed by atoms with Gasteiger partial charge in [-0.2, -0.15) is 0 Å². The van der Waals surface area contributed by atoms with Crippen molar-refractivity contribution in [1.82, 2.24) is 0 Å². The molecule has 18 heavy (non-hydrogen) atoms. The van der Waals surface area contributed by atoms with E-state index < -0.39 is 0 Å². The van der Waals surface area contributed by atoms with Gasteiger partial charge < -0.3 is 4.74 Å². The molecule has 1 aromatic rings. The standard InChI is InChI=1S/C16H22O2/c1-11-6-8-12(9-7-11)14(17)13-10-15(2,3)18-16(13,4)5/h6-9,13H,10H2,1-5H3. The molecular formula is C16H22O2. The Morgan fingerprint density at radius 1 is 1.17 bits per heavy atom. The highest BCUT2D eigenvalue weighted by Gasteiger charge is 2.49. The Balaban J connectivity index is 2.27. The van der Waals surface area contributed by atoms with Gasteiger partial charge in [0.05, 0.1) is 17.1 Å². The van der Waals surface area contributed by atoms with Crippen molar-refractivity contribution in [2.24, 2.45) is 5.92 Å². The van der Waals surface area contributed by atoms with E-state index in [9.17, 15) is 4.79 Å². The molecule has 0 saturated carbocycles. The highest BCUT2D eigenvalue weighted by atomic mass is 16.5. The zero-order valence-corrected chi connectivity index (χ0v) is 11.9. The minimum absolute atomic E-state index is 0.0600. The van der Waals surface area contributed by atoms with Crippen molar-refractivity contribution >= 4 is 5.78 Å². The molecular weight excluding hydrogens is 224 g/mol. The summed E-state index contributed by atoms with van der Waals surface area (Å²) in [5.41, 5.74) is 1.37. The fourth-order valence-electron chi connectivity index (χ4n) is 2.89. The molecule has 0 amide bonds. The summed E-state index contributed by atoms with van der Waals surface area (Å²) in [6, 6.07) is 7.81. The number of ether oxygens (including phenoxy) is 1. The fraction of sp³-hybridized carbons (Fsp3) is 0.562. The van der Waals surface area contributed by atoms with Gasteiger partial charge in [0.15, 0.2) is 5.78 Å². The van der Waals surface area contributed by atoms with E-state index >= 15 is 0 Å². The smallest absolute Gasteiger partial charge is 0.168 e. The Kier molecular flexibility index (Phi) is 3.10. The summed E-state index contributed by atoms with van der Waals surface area (Å²) in [5.74, 6) is 0.140. The third kappa shape index (κ3) is 2.49. The summed E-state index contributed by atoms with van der Waals surface area (Å²) in [4.78, 5) is 12.6. The summed E-state index contributed by atoms with van der Waals surface area (Å²) in [6.07, 6.45) is 0.784. The lowest BCUT2D eigenvalue weighted by molar-refractivity contribution is -0.0712. The molecule has 2 rings (SSSR count). The Labute approximate surface area is 109 Å². The zero-order valence-electron chi connectivity index (χ0n) is 11.9. The van der Waals surface area contributed by atoms with Crippen molar-refractivity contribution in [1.29, 1.82) is 0 Å². The predicted molar refractivity (Wildman–Crippen MR) is 72.9 cm³/mol. The Morgan fingerprint density at radius 2 is 1.72 bits per heavy atom. The Morgan fingerprint density at radius 3 is 2.17 bits per heavy atom. The van der Waals surface area contributed by atoms with Crippen molar-refractivity contribution in [2.75, 3.05) is 0 Å². The van der Waals surface area contributed by atoms with Crippen molar-refractivity contribution in [3.8, 4) is 0 Å². The minimum atomic E-state index is -0.383. The number of ketones is 1. The van der Waals surface area contributed by atoms with Crippen LogP contribution in [0, 0.1) is 12.8 Å². The van der Waals surface area contributed by atoms with Gasteiger partial charge in [0.25, 0.3) is 0 Å². The monoisotopic (exact) mass is 246 g/mol. The maximum Gasteiger partial charge on any atom is 0.168 e. The van der Waals surface area contributed by atoms with Crippen LogP contribution in [0.2, 0.25) is 0 Å². The normalized spacial score (nSPS) is 25.1. The molecule has 1 heterocycles. The molecule has 1 aromatic carbocycles. The maximum atomic E-state index is 12.6. The molecule has 1 unspecified atom stereocenters. The summed E-state index contributed by atoms with van der Waals surface area (Å²) in [7, 11) is 0. The van der Waals surface area contributed by atoms with Crippen molar-refractivity contribution in [3.63, 3.8) is 0 Å². The molecule has 1 atom stereocenters. The molecule has 2 heteroatoms.